The van der Waals surface area contributed by atoms with E-state index in [9.17, 15) is 9.59 Å². The van der Waals surface area contributed by atoms with Crippen molar-refractivity contribution in [3.8, 4) is 17.1 Å². The molecule has 0 fully saturated rings. The topological polar surface area (TPSA) is 119 Å². The van der Waals surface area contributed by atoms with Crippen LogP contribution < -0.4 is 10.3 Å². The van der Waals surface area contributed by atoms with E-state index in [1.165, 1.54) is 0 Å². The predicted octanol–water partition coefficient (Wildman–Crippen LogP) is 3.97. The number of carbonyl (C=O) groups excluding carboxylic acids is 1. The molecule has 0 radical (unpaired) electrons. The minimum atomic E-state index is -1.56. The van der Waals surface area contributed by atoms with Gasteiger partial charge in [-0.1, -0.05) is 19.0 Å². The Morgan fingerprint density at radius 2 is 2.09 bits per heavy atom. The lowest BCUT2D eigenvalue weighted by Crippen LogP contribution is -2.43. The van der Waals surface area contributed by atoms with Crippen molar-refractivity contribution in [2.75, 3.05) is 7.11 Å². The Labute approximate surface area is 183 Å². The van der Waals surface area contributed by atoms with Crippen LogP contribution in [0.15, 0.2) is 34.2 Å². The highest BCUT2D eigenvalue weighted by Crippen LogP contribution is 2.42. The maximum Gasteiger partial charge on any atom is 0.322 e. The van der Waals surface area contributed by atoms with Crippen molar-refractivity contribution < 1.29 is 14.3 Å². The van der Waals surface area contributed by atoms with Crippen LogP contribution in [0, 0.1) is 0 Å². The third kappa shape index (κ3) is 2.51. The van der Waals surface area contributed by atoms with Gasteiger partial charge in [0.05, 0.1) is 36.1 Å². The molecular formula is C23H21N5O4. The maximum absolute atomic E-state index is 13.5. The summed E-state index contributed by atoms with van der Waals surface area (Å²) in [6, 6.07) is 7.51. The zero-order chi connectivity index (χ0) is 22.6. The standard InChI is InChI=1S/C23H21N5O4/c1-4-13-14-8-12(31-3)6-7-18(14)25-20-15(13)10-28-19(20)9-17-16(21(28)29)11-32-22(30)23(17,5-2)26-27-24/h6-9H,4-5,10-11H2,1-3H3/t23-/m1/s1. The summed E-state index contributed by atoms with van der Waals surface area (Å²) in [7, 11) is 1.63. The number of pyridine rings is 2. The molecule has 0 unspecified atom stereocenters. The molecule has 0 amide bonds. The number of aryl methyl sites for hydroxylation is 1. The minimum Gasteiger partial charge on any atom is -0.497 e. The average molecular weight is 431 g/mol. The van der Waals surface area contributed by atoms with Gasteiger partial charge in [0.15, 0.2) is 5.54 Å². The highest BCUT2D eigenvalue weighted by Gasteiger charge is 2.46. The number of esters is 1. The van der Waals surface area contributed by atoms with Crippen LogP contribution in [0.5, 0.6) is 5.75 Å². The molecule has 2 aliphatic rings. The van der Waals surface area contributed by atoms with Crippen LogP contribution in [0.2, 0.25) is 0 Å². The number of carbonyl (C=O) groups is 1. The number of hydrogen-bond donors (Lipinski definition) is 0. The molecule has 162 valence electrons. The summed E-state index contributed by atoms with van der Waals surface area (Å²) in [5.74, 6) is 0.107. The second-order valence-corrected chi connectivity index (χ2v) is 7.95. The first kappa shape index (κ1) is 20.1. The van der Waals surface area contributed by atoms with Crippen molar-refractivity contribution in [3.63, 3.8) is 0 Å². The lowest BCUT2D eigenvalue weighted by atomic mass is 9.83. The van der Waals surface area contributed by atoms with Crippen LogP contribution in [-0.4, -0.2) is 22.6 Å². The molecule has 9 heteroatoms. The molecule has 0 aliphatic carbocycles. The van der Waals surface area contributed by atoms with Crippen LogP contribution in [0.4, 0.5) is 0 Å². The largest absolute Gasteiger partial charge is 0.497 e. The molecule has 0 spiro atoms. The summed E-state index contributed by atoms with van der Waals surface area (Å²) in [4.78, 5) is 33.9. The third-order valence-electron chi connectivity index (χ3n) is 6.58. The number of fused-ring (bicyclic) bond motifs is 5. The molecule has 1 aromatic carbocycles. The maximum atomic E-state index is 13.5. The van der Waals surface area contributed by atoms with E-state index in [4.69, 9.17) is 20.0 Å². The smallest absolute Gasteiger partial charge is 0.322 e. The number of hydrogen-bond acceptors (Lipinski definition) is 6. The fourth-order valence-corrected chi connectivity index (χ4v) is 4.91. The highest BCUT2D eigenvalue weighted by molar-refractivity contribution is 5.90. The minimum absolute atomic E-state index is 0.139. The van der Waals surface area contributed by atoms with Crippen LogP contribution in [0.1, 0.15) is 42.5 Å². The van der Waals surface area contributed by atoms with Gasteiger partial charge in [-0.2, -0.15) is 0 Å². The van der Waals surface area contributed by atoms with Gasteiger partial charge in [-0.3, -0.25) is 9.59 Å². The lowest BCUT2D eigenvalue weighted by molar-refractivity contribution is -0.154. The molecule has 0 N–H and O–H groups in total. The number of azide groups is 1. The summed E-state index contributed by atoms with van der Waals surface area (Å²) in [5.41, 5.74) is 12.3. The molecule has 0 saturated carbocycles. The summed E-state index contributed by atoms with van der Waals surface area (Å²) < 4.78 is 12.3. The summed E-state index contributed by atoms with van der Waals surface area (Å²) in [6.07, 6.45) is 0.944. The quantitative estimate of drug-likeness (QED) is 0.210. The molecule has 0 bridgehead atoms. The van der Waals surface area contributed by atoms with Crippen molar-refractivity contribution in [2.24, 2.45) is 5.11 Å². The number of benzene rings is 1. The van der Waals surface area contributed by atoms with Gasteiger partial charge < -0.3 is 14.0 Å². The lowest BCUT2D eigenvalue weighted by Gasteiger charge is -2.32. The number of nitrogens with zero attached hydrogens (tertiary/aromatic N) is 5. The molecule has 2 aliphatic heterocycles. The number of methoxy groups -OCH3 is 1. The van der Waals surface area contributed by atoms with E-state index in [1.54, 1.807) is 24.7 Å². The Hall–Kier alpha value is -3.84. The molecule has 9 nitrogen and oxygen atoms in total. The van der Waals surface area contributed by atoms with E-state index in [2.05, 4.69) is 16.9 Å². The number of ether oxygens (including phenoxy) is 2. The first-order valence-electron chi connectivity index (χ1n) is 10.5. The molecular weight excluding hydrogens is 410 g/mol. The Morgan fingerprint density at radius 1 is 1.28 bits per heavy atom. The Morgan fingerprint density at radius 3 is 2.78 bits per heavy atom. The van der Waals surface area contributed by atoms with Crippen molar-refractivity contribution in [2.45, 2.75) is 45.4 Å². The molecule has 0 saturated heterocycles. The third-order valence-corrected chi connectivity index (χ3v) is 6.58. The van der Waals surface area contributed by atoms with E-state index >= 15 is 0 Å². The highest BCUT2D eigenvalue weighted by atomic mass is 16.5. The first-order valence-corrected chi connectivity index (χ1v) is 10.5. The van der Waals surface area contributed by atoms with Crippen LogP contribution >= 0.6 is 0 Å². The number of aromatic nitrogens is 2. The van der Waals surface area contributed by atoms with Crippen molar-refractivity contribution in [1.29, 1.82) is 0 Å². The molecule has 1 atom stereocenters. The van der Waals surface area contributed by atoms with E-state index in [0.29, 0.717) is 29.1 Å². The van der Waals surface area contributed by atoms with Crippen molar-refractivity contribution in [3.05, 3.63) is 67.3 Å². The summed E-state index contributed by atoms with van der Waals surface area (Å²) >= 11 is 0. The number of rotatable bonds is 4. The molecule has 2 aromatic heterocycles. The molecule has 5 rings (SSSR count). The van der Waals surface area contributed by atoms with Crippen LogP contribution in [0.25, 0.3) is 32.7 Å². The second-order valence-electron chi connectivity index (χ2n) is 7.95. The van der Waals surface area contributed by atoms with Crippen LogP contribution in [0.3, 0.4) is 0 Å². The summed E-state index contributed by atoms with van der Waals surface area (Å²) in [6.45, 7) is 4.05. The zero-order valence-electron chi connectivity index (χ0n) is 18.0. The fraction of sp³-hybridized carbons (Fsp3) is 0.348. The first-order chi connectivity index (χ1) is 15.5. The van der Waals surface area contributed by atoms with E-state index in [0.717, 1.165) is 34.2 Å². The average Bonchev–Trinajstić information content (AvgIpc) is 3.17. The fourth-order valence-electron chi connectivity index (χ4n) is 4.91. The van der Waals surface area contributed by atoms with Gasteiger partial charge in [-0.25, -0.2) is 4.98 Å². The van der Waals surface area contributed by atoms with E-state index < -0.39 is 11.5 Å². The van der Waals surface area contributed by atoms with E-state index in [-0.39, 0.29) is 18.6 Å². The zero-order valence-corrected chi connectivity index (χ0v) is 18.0. The van der Waals surface area contributed by atoms with Crippen molar-refractivity contribution in [1.82, 2.24) is 9.55 Å². The molecule has 32 heavy (non-hydrogen) atoms. The van der Waals surface area contributed by atoms with Crippen molar-refractivity contribution >= 4 is 16.9 Å². The van der Waals surface area contributed by atoms with Crippen LogP contribution in [-0.2, 0) is 34.6 Å². The number of cyclic esters (lactones) is 1. The Kier molecular flexibility index (Phi) is 4.46. The van der Waals surface area contributed by atoms with Gasteiger partial charge in [0.2, 0.25) is 0 Å². The Bertz CT molecular complexity index is 1420. The summed E-state index contributed by atoms with van der Waals surface area (Å²) in [5, 5.41) is 4.80. The van der Waals surface area contributed by atoms with Gasteiger partial charge in [-0.15, -0.1) is 0 Å². The van der Waals surface area contributed by atoms with Gasteiger partial charge >= 0.3 is 5.97 Å². The monoisotopic (exact) mass is 431 g/mol. The molecule has 3 aromatic rings. The van der Waals surface area contributed by atoms with Gasteiger partial charge in [0.25, 0.3) is 5.56 Å². The molecule has 4 heterocycles. The Balaban J connectivity index is 1.83. The second kappa shape index (κ2) is 7.10. The van der Waals surface area contributed by atoms with Gasteiger partial charge in [0, 0.05) is 15.9 Å². The van der Waals surface area contributed by atoms with E-state index in [1.807, 2.05) is 18.2 Å². The van der Waals surface area contributed by atoms with Gasteiger partial charge in [0.1, 0.15) is 12.4 Å². The predicted molar refractivity (Wildman–Crippen MR) is 117 cm³/mol. The van der Waals surface area contributed by atoms with Gasteiger partial charge in [-0.05, 0) is 53.8 Å². The normalized spacial score (nSPS) is 18.4. The SMILES string of the molecule is CCc1c2c(nc3ccc(OC)cc13)-c1cc3c(c(=O)n1C2)COC(=O)[C@]3(CC)N=[N+]=[N-].